The number of amides is 2. The molecule has 0 aliphatic carbocycles. The molecule has 2 fully saturated rings. The number of halogens is 1. The Morgan fingerprint density at radius 1 is 0.885 bits per heavy atom. The van der Waals surface area contributed by atoms with Crippen LogP contribution in [0.1, 0.15) is 30.7 Å². The van der Waals surface area contributed by atoms with E-state index < -0.39 is 6.04 Å². The van der Waals surface area contributed by atoms with Crippen molar-refractivity contribution in [3.05, 3.63) is 66.0 Å². The molecule has 2 aliphatic heterocycles. The number of piperidine rings is 1. The Morgan fingerprint density at radius 2 is 1.54 bits per heavy atom. The van der Waals surface area contributed by atoms with Crippen molar-refractivity contribution in [2.24, 2.45) is 0 Å². The quantitative estimate of drug-likeness (QED) is 0.796. The fourth-order valence-corrected chi connectivity index (χ4v) is 4.03. The van der Waals surface area contributed by atoms with E-state index in [9.17, 15) is 14.0 Å². The van der Waals surface area contributed by atoms with Crippen molar-refractivity contribution in [3.8, 4) is 0 Å². The van der Waals surface area contributed by atoms with Crippen molar-refractivity contribution in [2.75, 3.05) is 18.0 Å². The van der Waals surface area contributed by atoms with Crippen molar-refractivity contribution < 1.29 is 14.0 Å². The van der Waals surface area contributed by atoms with Gasteiger partial charge in [0.1, 0.15) is 5.82 Å². The van der Waals surface area contributed by atoms with Crippen LogP contribution in [0, 0.1) is 5.82 Å². The lowest BCUT2D eigenvalue weighted by Gasteiger charge is -2.35. The summed E-state index contributed by atoms with van der Waals surface area (Å²) >= 11 is 0. The lowest BCUT2D eigenvalue weighted by Crippen LogP contribution is -2.45. The number of imide groups is 1. The molecule has 2 aromatic rings. The van der Waals surface area contributed by atoms with Crippen LogP contribution in [-0.4, -0.2) is 35.8 Å². The third kappa shape index (κ3) is 3.15. The first-order valence-corrected chi connectivity index (χ1v) is 9.05. The van der Waals surface area contributed by atoms with Crippen LogP contribution in [0.15, 0.2) is 54.6 Å². The maximum atomic E-state index is 13.1. The van der Waals surface area contributed by atoms with Gasteiger partial charge in [-0.05, 0) is 61.7 Å². The van der Waals surface area contributed by atoms with Crippen molar-refractivity contribution in [3.63, 3.8) is 0 Å². The Kier molecular flexibility index (Phi) is 4.55. The molecular formula is C21H21FN2O2. The number of hydrogen-bond donors (Lipinski definition) is 0. The highest BCUT2D eigenvalue weighted by molar-refractivity contribution is 6.22. The average molecular weight is 352 g/mol. The van der Waals surface area contributed by atoms with Crippen LogP contribution in [-0.2, 0) is 9.59 Å². The molecule has 4 nitrogen and oxygen atoms in total. The van der Waals surface area contributed by atoms with Gasteiger partial charge in [-0.2, -0.15) is 0 Å². The van der Waals surface area contributed by atoms with E-state index in [4.69, 9.17) is 0 Å². The molecule has 0 radical (unpaired) electrons. The van der Waals surface area contributed by atoms with E-state index in [1.807, 2.05) is 6.07 Å². The van der Waals surface area contributed by atoms with E-state index in [0.717, 1.165) is 25.9 Å². The van der Waals surface area contributed by atoms with Gasteiger partial charge >= 0.3 is 0 Å². The summed E-state index contributed by atoms with van der Waals surface area (Å²) < 4.78 is 13.1. The molecule has 2 aliphatic rings. The van der Waals surface area contributed by atoms with Crippen LogP contribution in [0.3, 0.4) is 0 Å². The van der Waals surface area contributed by atoms with Crippen LogP contribution >= 0.6 is 0 Å². The third-order valence-electron chi connectivity index (χ3n) is 5.45. The van der Waals surface area contributed by atoms with Crippen LogP contribution in [0.25, 0.3) is 0 Å². The molecule has 0 bridgehead atoms. The second-order valence-corrected chi connectivity index (χ2v) is 6.98. The molecule has 4 rings (SSSR count). The van der Waals surface area contributed by atoms with Crippen molar-refractivity contribution in [1.29, 1.82) is 0 Å². The van der Waals surface area contributed by atoms with Gasteiger partial charge in [-0.25, -0.2) is 9.29 Å². The Bertz CT molecular complexity index is 799. The number of carbonyl (C=O) groups excluding carboxylic acids is 2. The van der Waals surface area contributed by atoms with Crippen LogP contribution in [0.4, 0.5) is 10.1 Å². The number of benzene rings is 2. The molecule has 0 aromatic heterocycles. The molecule has 0 N–H and O–H groups in total. The highest BCUT2D eigenvalue weighted by Gasteiger charge is 2.43. The highest BCUT2D eigenvalue weighted by atomic mass is 19.1. The summed E-state index contributed by atoms with van der Waals surface area (Å²) in [5, 5.41) is 0. The number of likely N-dealkylation sites (tertiary alicyclic amines) is 1. The normalized spacial score (nSPS) is 22.2. The zero-order valence-corrected chi connectivity index (χ0v) is 14.5. The summed E-state index contributed by atoms with van der Waals surface area (Å²) in [4.78, 5) is 28.5. The lowest BCUT2D eigenvalue weighted by atomic mass is 9.89. The first-order valence-electron chi connectivity index (χ1n) is 9.05. The number of anilines is 1. The number of hydrogen-bond acceptors (Lipinski definition) is 3. The minimum Gasteiger partial charge on any atom is -0.291 e. The second-order valence-electron chi connectivity index (χ2n) is 6.98. The van der Waals surface area contributed by atoms with Crippen LogP contribution in [0.5, 0.6) is 0 Å². The summed E-state index contributed by atoms with van der Waals surface area (Å²) in [7, 11) is 0. The van der Waals surface area contributed by atoms with Gasteiger partial charge in [-0.15, -0.1) is 0 Å². The van der Waals surface area contributed by atoms with Gasteiger partial charge < -0.3 is 0 Å². The summed E-state index contributed by atoms with van der Waals surface area (Å²) in [6.07, 6.45) is 2.17. The summed E-state index contributed by atoms with van der Waals surface area (Å²) in [5.74, 6) is -0.281. The maximum Gasteiger partial charge on any atom is 0.251 e. The van der Waals surface area contributed by atoms with Crippen LogP contribution < -0.4 is 4.90 Å². The van der Waals surface area contributed by atoms with E-state index in [1.165, 1.54) is 34.7 Å². The number of rotatable bonds is 3. The second kappa shape index (κ2) is 7.00. The van der Waals surface area contributed by atoms with Gasteiger partial charge in [0.25, 0.3) is 5.91 Å². The van der Waals surface area contributed by atoms with Gasteiger partial charge in [0.05, 0.1) is 18.2 Å². The van der Waals surface area contributed by atoms with E-state index in [-0.39, 0.29) is 24.1 Å². The van der Waals surface area contributed by atoms with Crippen molar-refractivity contribution in [2.45, 2.75) is 31.2 Å². The smallest absolute Gasteiger partial charge is 0.251 e. The van der Waals surface area contributed by atoms with Gasteiger partial charge in [0, 0.05) is 0 Å². The Balaban J connectivity index is 1.44. The van der Waals surface area contributed by atoms with E-state index in [2.05, 4.69) is 29.2 Å². The van der Waals surface area contributed by atoms with Gasteiger partial charge in [-0.1, -0.05) is 30.3 Å². The maximum absolute atomic E-state index is 13.1. The topological polar surface area (TPSA) is 40.6 Å². The third-order valence-corrected chi connectivity index (χ3v) is 5.45. The van der Waals surface area contributed by atoms with Gasteiger partial charge in [-0.3, -0.25) is 14.5 Å². The molecule has 0 saturated carbocycles. The first kappa shape index (κ1) is 16.9. The standard InChI is InChI=1S/C21H21FN2O2/c22-17-6-8-18(9-7-17)24-20(25)14-19(21(24)26)23-12-10-16(11-13-23)15-4-2-1-3-5-15/h1-9,16,19H,10-14H2/t19-/m0/s1. The largest absolute Gasteiger partial charge is 0.291 e. The fraction of sp³-hybridized carbons (Fsp3) is 0.333. The zero-order valence-electron chi connectivity index (χ0n) is 14.5. The summed E-state index contributed by atoms with van der Waals surface area (Å²) in [6.45, 7) is 1.61. The molecule has 134 valence electrons. The minimum absolute atomic E-state index is 0.195. The van der Waals surface area contributed by atoms with Gasteiger partial charge in [0.2, 0.25) is 5.91 Å². The average Bonchev–Trinajstić information content (AvgIpc) is 2.98. The summed E-state index contributed by atoms with van der Waals surface area (Å²) in [5.41, 5.74) is 1.79. The monoisotopic (exact) mass is 352 g/mol. The molecule has 2 heterocycles. The highest BCUT2D eigenvalue weighted by Crippen LogP contribution is 2.32. The van der Waals surface area contributed by atoms with Gasteiger partial charge in [0.15, 0.2) is 0 Å². The molecule has 2 amide bonds. The molecule has 1 atom stereocenters. The molecule has 0 spiro atoms. The minimum atomic E-state index is -0.399. The predicted molar refractivity (Wildman–Crippen MR) is 97.3 cm³/mol. The number of carbonyl (C=O) groups is 2. The van der Waals surface area contributed by atoms with E-state index in [1.54, 1.807) is 0 Å². The fourth-order valence-electron chi connectivity index (χ4n) is 4.03. The zero-order chi connectivity index (χ0) is 18.1. The predicted octanol–water partition coefficient (Wildman–Crippen LogP) is 3.34. The Morgan fingerprint density at radius 3 is 2.19 bits per heavy atom. The van der Waals surface area contributed by atoms with E-state index >= 15 is 0 Å². The lowest BCUT2D eigenvalue weighted by molar-refractivity contribution is -0.123. The molecule has 0 unspecified atom stereocenters. The van der Waals surface area contributed by atoms with Crippen molar-refractivity contribution in [1.82, 2.24) is 4.90 Å². The Labute approximate surface area is 152 Å². The van der Waals surface area contributed by atoms with E-state index in [0.29, 0.717) is 11.6 Å². The molecular weight excluding hydrogens is 331 g/mol. The number of nitrogens with zero attached hydrogens (tertiary/aromatic N) is 2. The summed E-state index contributed by atoms with van der Waals surface area (Å²) in [6, 6.07) is 15.5. The SMILES string of the molecule is O=C1C[C@H](N2CCC(c3ccccc3)CC2)C(=O)N1c1ccc(F)cc1. The Hall–Kier alpha value is -2.53. The molecule has 2 aromatic carbocycles. The molecule has 2 saturated heterocycles. The first-order chi connectivity index (χ1) is 12.6. The molecule has 5 heteroatoms. The van der Waals surface area contributed by atoms with Crippen molar-refractivity contribution >= 4 is 17.5 Å². The molecule has 26 heavy (non-hydrogen) atoms. The van der Waals surface area contributed by atoms with Crippen LogP contribution in [0.2, 0.25) is 0 Å².